The molecule has 0 spiro atoms. The standard InChI is InChI=1S/C52H74NO3P/c1-47(2,3)34-23-32-25-41(49(7,8)9)39(30-37(32)42(27-34)50(10,11)12)40-29-36(53(19)20)21-22-45(40)57(54,55,56)46-31-38-33(26-44(46)52(16,17)18)24-35(48(4,5)6)28-43(38)51(13,14)15/h21-31,54-56H,1-20H3. The van der Waals surface area contributed by atoms with Crippen LogP contribution in [0, 0.1) is 0 Å². The minimum atomic E-state index is -5.92. The molecule has 3 N–H and O–H groups in total. The molecule has 0 unspecified atom stereocenters. The molecule has 0 heterocycles. The quantitative estimate of drug-likeness (QED) is 0.159. The fourth-order valence-electron chi connectivity index (χ4n) is 8.21. The van der Waals surface area contributed by atoms with E-state index in [9.17, 15) is 14.7 Å². The Balaban J connectivity index is 2.01. The van der Waals surface area contributed by atoms with Gasteiger partial charge in [0.25, 0.3) is 0 Å². The Morgan fingerprint density at radius 1 is 0.386 bits per heavy atom. The van der Waals surface area contributed by atoms with Gasteiger partial charge in [-0.1, -0.05) is 0 Å². The molecule has 0 aliphatic carbocycles. The molecule has 5 aromatic carbocycles. The second-order valence-corrected chi connectivity index (χ2v) is 26.3. The Bertz CT molecular complexity index is 2370. The van der Waals surface area contributed by atoms with Crippen LogP contribution in [0.1, 0.15) is 158 Å². The van der Waals surface area contributed by atoms with E-state index in [1.807, 2.05) is 37.2 Å². The average molecular weight is 792 g/mol. The van der Waals surface area contributed by atoms with Crippen molar-refractivity contribution >= 4 is 45.1 Å². The van der Waals surface area contributed by atoms with Gasteiger partial charge in [0, 0.05) is 0 Å². The molecule has 0 radical (unpaired) electrons. The van der Waals surface area contributed by atoms with E-state index < -0.39 is 12.7 Å². The maximum absolute atomic E-state index is 13.2. The number of fused-ring (bicyclic) bond motifs is 2. The molecular weight excluding hydrogens is 718 g/mol. The van der Waals surface area contributed by atoms with Gasteiger partial charge in [0.2, 0.25) is 0 Å². The van der Waals surface area contributed by atoms with Crippen LogP contribution in [0.4, 0.5) is 5.69 Å². The summed E-state index contributed by atoms with van der Waals surface area (Å²) in [5.74, 6) is 0. The van der Waals surface area contributed by atoms with Crippen molar-refractivity contribution in [2.75, 3.05) is 19.0 Å². The summed E-state index contributed by atoms with van der Waals surface area (Å²) in [5, 5.41) is 4.58. The molecule has 0 atom stereocenters. The van der Waals surface area contributed by atoms with Crippen LogP contribution in [-0.2, 0) is 32.5 Å². The van der Waals surface area contributed by atoms with E-state index in [1.165, 1.54) is 16.7 Å². The van der Waals surface area contributed by atoms with Gasteiger partial charge >= 0.3 is 347 Å². The van der Waals surface area contributed by atoms with Crippen LogP contribution in [-0.4, -0.2) is 28.8 Å². The topological polar surface area (TPSA) is 63.9 Å². The van der Waals surface area contributed by atoms with Crippen LogP contribution in [0.25, 0.3) is 32.7 Å². The van der Waals surface area contributed by atoms with Crippen molar-refractivity contribution < 1.29 is 14.7 Å². The molecule has 0 amide bonds. The van der Waals surface area contributed by atoms with E-state index in [4.69, 9.17) is 0 Å². The molecular formula is C52H74NO3P. The number of anilines is 1. The van der Waals surface area contributed by atoms with Gasteiger partial charge in [0.05, 0.1) is 0 Å². The van der Waals surface area contributed by atoms with Crippen LogP contribution in [0.5, 0.6) is 0 Å². The molecule has 0 bridgehead atoms. The maximum atomic E-state index is 13.2. The van der Waals surface area contributed by atoms with Crippen molar-refractivity contribution in [3.63, 3.8) is 0 Å². The summed E-state index contributed by atoms with van der Waals surface area (Å²) in [6.45, 7) is 39.7. The molecule has 0 aliphatic heterocycles. The SMILES string of the molecule is CN(C)c1ccc(P(O)(O)(O)c2cc3c(C(C)(C)C)cc(C(C)(C)C)cc3cc2C(C)(C)C)c(-c2cc3c(C(C)(C)C)cc(C(C)(C)C)cc3cc2C(C)(C)C)c1. The molecule has 0 saturated heterocycles. The first-order valence-electron chi connectivity index (χ1n) is 20.8. The molecule has 57 heavy (non-hydrogen) atoms. The fraction of sp³-hybridized carbons (Fsp3) is 0.500. The molecule has 0 saturated carbocycles. The van der Waals surface area contributed by atoms with Crippen molar-refractivity contribution in [2.24, 2.45) is 0 Å². The summed E-state index contributed by atoms with van der Waals surface area (Å²) >= 11 is 0. The van der Waals surface area contributed by atoms with Crippen molar-refractivity contribution in [2.45, 2.75) is 157 Å². The van der Waals surface area contributed by atoms with Gasteiger partial charge < -0.3 is 0 Å². The number of hydrogen-bond donors (Lipinski definition) is 3. The van der Waals surface area contributed by atoms with Crippen molar-refractivity contribution in [3.05, 3.63) is 100 Å². The van der Waals surface area contributed by atoms with Gasteiger partial charge in [-0.05, 0) is 0 Å². The summed E-state index contributed by atoms with van der Waals surface area (Å²) in [7, 11) is -1.94. The van der Waals surface area contributed by atoms with Crippen LogP contribution in [0.3, 0.4) is 0 Å². The molecule has 0 aromatic heterocycles. The summed E-state index contributed by atoms with van der Waals surface area (Å²) in [5.41, 5.74) is 7.64. The number of benzene rings is 5. The van der Waals surface area contributed by atoms with Gasteiger partial charge in [-0.3, -0.25) is 0 Å². The van der Waals surface area contributed by atoms with Crippen LogP contribution in [0.2, 0.25) is 0 Å². The van der Waals surface area contributed by atoms with E-state index >= 15 is 0 Å². The Kier molecular flexibility index (Phi) is 10.7. The summed E-state index contributed by atoms with van der Waals surface area (Å²) in [6, 6.07) is 23.4. The van der Waals surface area contributed by atoms with E-state index in [0.717, 1.165) is 43.9 Å². The molecule has 5 heteroatoms. The van der Waals surface area contributed by atoms with Crippen molar-refractivity contribution in [3.8, 4) is 11.1 Å². The zero-order chi connectivity index (χ0) is 43.5. The first-order valence-corrected chi connectivity index (χ1v) is 22.9. The monoisotopic (exact) mass is 792 g/mol. The number of hydrogen-bond acceptors (Lipinski definition) is 4. The Morgan fingerprint density at radius 3 is 1.18 bits per heavy atom. The van der Waals surface area contributed by atoms with Gasteiger partial charge in [-0.15, -0.1) is 0 Å². The zero-order valence-electron chi connectivity index (χ0n) is 39.1. The normalized spacial score (nSPS) is 14.6. The number of nitrogens with zero attached hydrogens (tertiary/aromatic N) is 1. The Labute approximate surface area is 345 Å². The summed E-state index contributed by atoms with van der Waals surface area (Å²) < 4.78 is 0. The van der Waals surface area contributed by atoms with Gasteiger partial charge in [-0.2, -0.15) is 0 Å². The first kappa shape index (κ1) is 44.8. The molecule has 5 aromatic rings. The molecule has 310 valence electrons. The van der Waals surface area contributed by atoms with Gasteiger partial charge in [-0.25, -0.2) is 0 Å². The van der Waals surface area contributed by atoms with Gasteiger partial charge in [0.1, 0.15) is 0 Å². The Hall–Kier alpha value is -3.27. The average Bonchev–Trinajstić information content (AvgIpc) is 3.02. The Morgan fingerprint density at radius 2 is 0.789 bits per heavy atom. The molecule has 5 rings (SSSR count). The summed E-state index contributed by atoms with van der Waals surface area (Å²) in [4.78, 5) is 41.7. The molecule has 0 fully saturated rings. The third-order valence-corrected chi connectivity index (χ3v) is 14.3. The van der Waals surface area contributed by atoms with Crippen molar-refractivity contribution in [1.82, 2.24) is 0 Å². The van der Waals surface area contributed by atoms with E-state index in [2.05, 4.69) is 167 Å². The molecule has 4 nitrogen and oxygen atoms in total. The third-order valence-electron chi connectivity index (χ3n) is 11.8. The summed E-state index contributed by atoms with van der Waals surface area (Å²) in [6.07, 6.45) is 0. The second kappa shape index (κ2) is 13.6. The minimum absolute atomic E-state index is 0.0460. The zero-order valence-corrected chi connectivity index (χ0v) is 40.0. The van der Waals surface area contributed by atoms with Crippen LogP contribution < -0.4 is 15.5 Å². The predicted octanol–water partition coefficient (Wildman–Crippen LogP) is 12.7. The fourth-order valence-corrected chi connectivity index (χ4v) is 10.7. The first-order chi connectivity index (χ1) is 25.4. The van der Waals surface area contributed by atoms with Crippen LogP contribution >= 0.6 is 7.28 Å². The van der Waals surface area contributed by atoms with Gasteiger partial charge in [0.15, 0.2) is 0 Å². The predicted molar refractivity (Wildman–Crippen MR) is 253 cm³/mol. The van der Waals surface area contributed by atoms with E-state index in [0.29, 0.717) is 11.1 Å². The van der Waals surface area contributed by atoms with E-state index in [1.54, 1.807) is 6.07 Å². The van der Waals surface area contributed by atoms with E-state index in [-0.39, 0.29) is 37.7 Å². The van der Waals surface area contributed by atoms with Crippen LogP contribution in [0.15, 0.2) is 66.7 Å². The number of rotatable bonds is 4. The van der Waals surface area contributed by atoms with Crippen molar-refractivity contribution in [1.29, 1.82) is 0 Å². The second-order valence-electron chi connectivity index (χ2n) is 23.3. The molecule has 0 aliphatic rings. The third kappa shape index (κ3) is 8.58.